The van der Waals surface area contributed by atoms with E-state index in [-0.39, 0.29) is 10.1 Å². The summed E-state index contributed by atoms with van der Waals surface area (Å²) in [5.41, 5.74) is 1.59. The molecule has 2 aromatic carbocycles. The fourth-order valence-electron chi connectivity index (χ4n) is 2.25. The number of nitrogens with one attached hydrogen (secondary N) is 2. The first-order valence-corrected chi connectivity index (χ1v) is 11.2. The Kier molecular flexibility index (Phi) is 5.65. The second-order valence-corrected chi connectivity index (χ2v) is 8.97. The number of benzene rings is 2. The molecule has 0 fully saturated rings. The van der Waals surface area contributed by atoms with Crippen molar-refractivity contribution < 1.29 is 13.2 Å². The number of para-hydroxylation sites is 1. The van der Waals surface area contributed by atoms with E-state index < -0.39 is 10.0 Å². The maximum absolute atomic E-state index is 12.4. The van der Waals surface area contributed by atoms with E-state index in [9.17, 15) is 13.2 Å². The van der Waals surface area contributed by atoms with Gasteiger partial charge in [0.15, 0.2) is 0 Å². The minimum absolute atomic E-state index is 0.244. The third-order valence-corrected chi connectivity index (χ3v) is 7.09. The van der Waals surface area contributed by atoms with E-state index in [0.29, 0.717) is 11.3 Å². The van der Waals surface area contributed by atoms with Gasteiger partial charge in [0.2, 0.25) is 0 Å². The molecule has 5 nitrogen and oxygen atoms in total. The van der Waals surface area contributed by atoms with Gasteiger partial charge >= 0.3 is 0 Å². The fraction of sp³-hybridized carbons (Fsp3) is 0.0556. The topological polar surface area (TPSA) is 75.3 Å². The molecule has 0 spiro atoms. The van der Waals surface area contributed by atoms with E-state index in [1.54, 1.807) is 47.5 Å². The third-order valence-electron chi connectivity index (χ3n) is 3.51. The molecule has 0 bridgehead atoms. The summed E-state index contributed by atoms with van der Waals surface area (Å²) < 4.78 is 27.2. The van der Waals surface area contributed by atoms with Gasteiger partial charge in [0, 0.05) is 16.1 Å². The zero-order valence-corrected chi connectivity index (χ0v) is 16.2. The Bertz CT molecular complexity index is 998. The van der Waals surface area contributed by atoms with Crippen molar-refractivity contribution in [3.63, 3.8) is 0 Å². The van der Waals surface area contributed by atoms with Crippen LogP contribution in [0, 0.1) is 0 Å². The number of thiophene rings is 1. The van der Waals surface area contributed by atoms with Crippen LogP contribution in [0.15, 0.2) is 75.1 Å². The molecule has 8 heteroatoms. The lowest BCUT2D eigenvalue weighted by Gasteiger charge is -2.10. The lowest BCUT2D eigenvalue weighted by Crippen LogP contribution is -2.14. The fourth-order valence-corrected chi connectivity index (χ4v) is 4.86. The van der Waals surface area contributed by atoms with Gasteiger partial charge in [-0.3, -0.25) is 9.52 Å². The smallest absolute Gasteiger partial charge is 0.271 e. The van der Waals surface area contributed by atoms with Crippen LogP contribution >= 0.6 is 23.1 Å². The Hall–Kier alpha value is -2.29. The third kappa shape index (κ3) is 4.27. The summed E-state index contributed by atoms with van der Waals surface area (Å²) >= 11 is 2.69. The molecule has 0 saturated carbocycles. The van der Waals surface area contributed by atoms with Crippen LogP contribution in [0.4, 0.5) is 11.4 Å². The Morgan fingerprint density at radius 1 is 1.00 bits per heavy atom. The Balaban J connectivity index is 1.72. The highest BCUT2D eigenvalue weighted by atomic mass is 32.2. The molecule has 0 radical (unpaired) electrons. The molecule has 0 aliphatic carbocycles. The van der Waals surface area contributed by atoms with Gasteiger partial charge in [0.25, 0.3) is 15.9 Å². The second-order valence-electron chi connectivity index (χ2n) is 5.27. The summed E-state index contributed by atoms with van der Waals surface area (Å²) in [6, 6.07) is 17.1. The first kappa shape index (κ1) is 18.5. The van der Waals surface area contributed by atoms with E-state index in [2.05, 4.69) is 10.0 Å². The molecule has 134 valence electrons. The summed E-state index contributed by atoms with van der Waals surface area (Å²) in [5.74, 6) is -0.251. The van der Waals surface area contributed by atoms with Crippen LogP contribution in [-0.4, -0.2) is 20.6 Å². The molecule has 26 heavy (non-hydrogen) atoms. The molecule has 0 saturated heterocycles. The number of sulfonamides is 1. The summed E-state index contributed by atoms with van der Waals surface area (Å²) in [4.78, 5) is 13.4. The Labute approximate surface area is 160 Å². The monoisotopic (exact) mass is 404 g/mol. The van der Waals surface area contributed by atoms with Crippen molar-refractivity contribution in [1.82, 2.24) is 0 Å². The highest BCUT2D eigenvalue weighted by Gasteiger charge is 2.15. The standard InChI is InChI=1S/C18H16N2O3S3/c1-24-16-6-3-2-5-15(16)19-18(21)13-8-10-14(11-9-13)20-26(22,23)17-7-4-12-25-17/h2-12,20H,1H3,(H,19,21). The molecule has 1 amide bonds. The Morgan fingerprint density at radius 3 is 2.38 bits per heavy atom. The molecule has 1 heterocycles. The van der Waals surface area contributed by atoms with E-state index in [1.165, 1.54) is 6.07 Å². The largest absolute Gasteiger partial charge is 0.321 e. The van der Waals surface area contributed by atoms with Crippen LogP contribution in [0.3, 0.4) is 0 Å². The minimum Gasteiger partial charge on any atom is -0.321 e. The maximum Gasteiger partial charge on any atom is 0.271 e. The molecule has 0 atom stereocenters. The van der Waals surface area contributed by atoms with Gasteiger partial charge in [0.1, 0.15) is 4.21 Å². The van der Waals surface area contributed by atoms with E-state index in [1.807, 2.05) is 30.5 Å². The lowest BCUT2D eigenvalue weighted by molar-refractivity contribution is 0.102. The number of thioether (sulfide) groups is 1. The van der Waals surface area contributed by atoms with Crippen molar-refractivity contribution >= 4 is 50.4 Å². The number of rotatable bonds is 6. The highest BCUT2D eigenvalue weighted by molar-refractivity contribution is 7.98. The van der Waals surface area contributed by atoms with Crippen LogP contribution in [0.25, 0.3) is 0 Å². The molecule has 0 aliphatic rings. The summed E-state index contributed by atoms with van der Waals surface area (Å²) in [6.45, 7) is 0. The van der Waals surface area contributed by atoms with Crippen molar-refractivity contribution in [2.75, 3.05) is 16.3 Å². The molecule has 0 unspecified atom stereocenters. The van der Waals surface area contributed by atoms with Crippen LogP contribution in [-0.2, 0) is 10.0 Å². The predicted molar refractivity (Wildman–Crippen MR) is 108 cm³/mol. The zero-order chi connectivity index (χ0) is 18.6. The number of carbonyl (C=O) groups is 1. The first-order valence-electron chi connectivity index (χ1n) is 7.60. The lowest BCUT2D eigenvalue weighted by atomic mass is 10.2. The number of hydrogen-bond acceptors (Lipinski definition) is 5. The normalized spacial score (nSPS) is 11.1. The van der Waals surface area contributed by atoms with Crippen LogP contribution < -0.4 is 10.0 Å². The molecular formula is C18H16N2O3S3. The van der Waals surface area contributed by atoms with Gasteiger partial charge in [-0.25, -0.2) is 8.42 Å². The molecule has 2 N–H and O–H groups in total. The van der Waals surface area contributed by atoms with Crippen molar-refractivity contribution in [2.24, 2.45) is 0 Å². The molecule has 0 aliphatic heterocycles. The van der Waals surface area contributed by atoms with Crippen molar-refractivity contribution in [3.05, 3.63) is 71.6 Å². The van der Waals surface area contributed by atoms with Gasteiger partial charge in [0.05, 0.1) is 5.69 Å². The van der Waals surface area contributed by atoms with Crippen molar-refractivity contribution in [2.45, 2.75) is 9.10 Å². The van der Waals surface area contributed by atoms with E-state index in [4.69, 9.17) is 0 Å². The Morgan fingerprint density at radius 2 is 1.73 bits per heavy atom. The number of anilines is 2. The highest BCUT2D eigenvalue weighted by Crippen LogP contribution is 2.25. The predicted octanol–water partition coefficient (Wildman–Crippen LogP) is 4.52. The van der Waals surface area contributed by atoms with Gasteiger partial charge in [-0.2, -0.15) is 0 Å². The van der Waals surface area contributed by atoms with Gasteiger partial charge in [-0.1, -0.05) is 18.2 Å². The van der Waals surface area contributed by atoms with Crippen molar-refractivity contribution in [3.8, 4) is 0 Å². The van der Waals surface area contributed by atoms with Gasteiger partial charge in [-0.15, -0.1) is 23.1 Å². The summed E-state index contributed by atoms with van der Waals surface area (Å²) in [6.07, 6.45) is 1.94. The van der Waals surface area contributed by atoms with E-state index >= 15 is 0 Å². The maximum atomic E-state index is 12.4. The number of carbonyl (C=O) groups excluding carboxylic acids is 1. The molecular weight excluding hydrogens is 388 g/mol. The zero-order valence-electron chi connectivity index (χ0n) is 13.8. The van der Waals surface area contributed by atoms with Crippen LogP contribution in [0.2, 0.25) is 0 Å². The molecule has 3 rings (SSSR count). The van der Waals surface area contributed by atoms with Crippen LogP contribution in [0.1, 0.15) is 10.4 Å². The second kappa shape index (κ2) is 7.94. The average Bonchev–Trinajstić information content (AvgIpc) is 3.18. The summed E-state index contributed by atoms with van der Waals surface area (Å²) in [5, 5.41) is 4.57. The minimum atomic E-state index is -3.60. The average molecular weight is 405 g/mol. The molecule has 3 aromatic rings. The quantitative estimate of drug-likeness (QED) is 0.592. The number of hydrogen-bond donors (Lipinski definition) is 2. The van der Waals surface area contributed by atoms with E-state index in [0.717, 1.165) is 21.9 Å². The summed E-state index contributed by atoms with van der Waals surface area (Å²) in [7, 11) is -3.60. The van der Waals surface area contributed by atoms with Crippen LogP contribution in [0.5, 0.6) is 0 Å². The number of amides is 1. The van der Waals surface area contributed by atoms with Gasteiger partial charge < -0.3 is 5.32 Å². The molecule has 1 aromatic heterocycles. The first-order chi connectivity index (χ1) is 12.5. The SMILES string of the molecule is CSc1ccccc1NC(=O)c1ccc(NS(=O)(=O)c2cccs2)cc1. The van der Waals surface area contributed by atoms with Crippen molar-refractivity contribution in [1.29, 1.82) is 0 Å². The van der Waals surface area contributed by atoms with Gasteiger partial charge in [-0.05, 0) is 54.1 Å².